The maximum Gasteiger partial charge on any atom is 0.183 e. The van der Waals surface area contributed by atoms with E-state index in [2.05, 4.69) is 56.1 Å². The molecule has 4 rings (SSSR count). The molecule has 0 spiro atoms. The SMILES string of the molecule is c1ccc(-c2cc(CNCCCN3CCCCCC3)c3nnnn3c2)cc1. The minimum atomic E-state index is 0.782. The van der Waals surface area contributed by atoms with E-state index >= 15 is 0 Å². The summed E-state index contributed by atoms with van der Waals surface area (Å²) in [7, 11) is 0. The molecule has 27 heavy (non-hydrogen) atoms. The van der Waals surface area contributed by atoms with Gasteiger partial charge in [0.15, 0.2) is 5.65 Å². The van der Waals surface area contributed by atoms with Gasteiger partial charge >= 0.3 is 0 Å². The Morgan fingerprint density at radius 3 is 2.59 bits per heavy atom. The number of nitrogens with zero attached hydrogens (tertiary/aromatic N) is 5. The second-order valence-electron chi connectivity index (χ2n) is 7.35. The maximum atomic E-state index is 4.19. The molecule has 1 N–H and O–H groups in total. The van der Waals surface area contributed by atoms with Crippen molar-refractivity contribution in [3.63, 3.8) is 0 Å². The zero-order valence-corrected chi connectivity index (χ0v) is 15.8. The molecule has 6 nitrogen and oxygen atoms in total. The van der Waals surface area contributed by atoms with Crippen LogP contribution in [0.3, 0.4) is 0 Å². The highest BCUT2D eigenvalue weighted by Crippen LogP contribution is 2.21. The average Bonchev–Trinajstić information content (AvgIpc) is 3.04. The van der Waals surface area contributed by atoms with E-state index in [1.54, 1.807) is 4.52 Å². The van der Waals surface area contributed by atoms with Crippen molar-refractivity contribution < 1.29 is 0 Å². The molecule has 0 saturated carbocycles. The van der Waals surface area contributed by atoms with Crippen LogP contribution in [0.5, 0.6) is 0 Å². The summed E-state index contributed by atoms with van der Waals surface area (Å²) in [6.07, 6.45) is 8.69. The number of hydrogen-bond donors (Lipinski definition) is 1. The summed E-state index contributed by atoms with van der Waals surface area (Å²) in [5.74, 6) is 0. The average molecular weight is 364 g/mol. The van der Waals surface area contributed by atoms with E-state index in [9.17, 15) is 0 Å². The Bertz CT molecular complexity index is 836. The molecule has 3 aromatic rings. The fourth-order valence-electron chi connectivity index (χ4n) is 3.84. The van der Waals surface area contributed by atoms with E-state index in [1.165, 1.54) is 57.3 Å². The lowest BCUT2D eigenvalue weighted by Gasteiger charge is -2.19. The Balaban J connectivity index is 1.36. The van der Waals surface area contributed by atoms with E-state index in [1.807, 2.05) is 12.3 Å². The van der Waals surface area contributed by atoms with E-state index < -0.39 is 0 Å². The lowest BCUT2D eigenvalue weighted by molar-refractivity contribution is 0.280. The third kappa shape index (κ3) is 4.70. The van der Waals surface area contributed by atoms with Crippen molar-refractivity contribution in [1.29, 1.82) is 0 Å². The van der Waals surface area contributed by atoms with Crippen molar-refractivity contribution in [3.05, 3.63) is 48.2 Å². The Labute approximate surface area is 160 Å². The Hall–Kier alpha value is -2.31. The van der Waals surface area contributed by atoms with Crippen LogP contribution in [0.2, 0.25) is 0 Å². The van der Waals surface area contributed by atoms with Crippen molar-refractivity contribution in [2.75, 3.05) is 26.2 Å². The van der Waals surface area contributed by atoms with Crippen LogP contribution >= 0.6 is 0 Å². The zero-order chi connectivity index (χ0) is 18.3. The molecule has 1 saturated heterocycles. The van der Waals surface area contributed by atoms with Gasteiger partial charge in [-0.05, 0) is 67.5 Å². The number of rotatable bonds is 7. The lowest BCUT2D eigenvalue weighted by Crippen LogP contribution is -2.28. The number of hydrogen-bond acceptors (Lipinski definition) is 5. The third-order valence-corrected chi connectivity index (χ3v) is 5.32. The normalized spacial score (nSPS) is 15.9. The molecule has 0 amide bonds. The van der Waals surface area contributed by atoms with Crippen molar-refractivity contribution in [3.8, 4) is 11.1 Å². The number of nitrogens with one attached hydrogen (secondary N) is 1. The molecule has 0 bridgehead atoms. The van der Waals surface area contributed by atoms with E-state index in [4.69, 9.17) is 0 Å². The van der Waals surface area contributed by atoms with Gasteiger partial charge in [-0.3, -0.25) is 0 Å². The highest BCUT2D eigenvalue weighted by atomic mass is 15.5. The molecule has 1 aromatic carbocycles. The van der Waals surface area contributed by atoms with Crippen LogP contribution in [-0.4, -0.2) is 51.1 Å². The van der Waals surface area contributed by atoms with Crippen molar-refractivity contribution in [2.24, 2.45) is 0 Å². The van der Waals surface area contributed by atoms with Gasteiger partial charge in [-0.1, -0.05) is 43.2 Å². The van der Waals surface area contributed by atoms with Gasteiger partial charge in [0.2, 0.25) is 0 Å². The van der Waals surface area contributed by atoms with Crippen molar-refractivity contribution in [1.82, 2.24) is 30.3 Å². The smallest absolute Gasteiger partial charge is 0.183 e. The molecule has 142 valence electrons. The third-order valence-electron chi connectivity index (χ3n) is 5.32. The van der Waals surface area contributed by atoms with Gasteiger partial charge < -0.3 is 10.2 Å². The van der Waals surface area contributed by atoms with Crippen LogP contribution in [-0.2, 0) is 6.54 Å². The minimum Gasteiger partial charge on any atom is -0.312 e. The molecule has 0 unspecified atom stereocenters. The number of tetrazole rings is 1. The van der Waals surface area contributed by atoms with Gasteiger partial charge in [0, 0.05) is 23.9 Å². The van der Waals surface area contributed by atoms with Crippen LogP contribution < -0.4 is 5.32 Å². The number of fused-ring (bicyclic) bond motifs is 1. The van der Waals surface area contributed by atoms with Gasteiger partial charge in [0.05, 0.1) is 0 Å². The highest BCUT2D eigenvalue weighted by Gasteiger charge is 2.10. The molecular weight excluding hydrogens is 336 g/mol. The van der Waals surface area contributed by atoms with Gasteiger partial charge in [-0.15, -0.1) is 5.10 Å². The quantitative estimate of drug-likeness (QED) is 0.653. The van der Waals surface area contributed by atoms with Crippen molar-refractivity contribution >= 4 is 5.65 Å². The topological polar surface area (TPSA) is 58.3 Å². The summed E-state index contributed by atoms with van der Waals surface area (Å²) in [5, 5.41) is 15.7. The van der Waals surface area contributed by atoms with Crippen LogP contribution in [0.25, 0.3) is 16.8 Å². The Morgan fingerprint density at radius 2 is 1.78 bits per heavy atom. The molecule has 6 heteroatoms. The van der Waals surface area contributed by atoms with Gasteiger partial charge in [-0.25, -0.2) is 0 Å². The zero-order valence-electron chi connectivity index (χ0n) is 15.8. The molecule has 0 atom stereocenters. The molecule has 2 aromatic heterocycles. The van der Waals surface area contributed by atoms with Crippen LogP contribution in [0.4, 0.5) is 0 Å². The van der Waals surface area contributed by atoms with Gasteiger partial charge in [0.1, 0.15) is 0 Å². The summed E-state index contributed by atoms with van der Waals surface area (Å²) in [4.78, 5) is 2.62. The first-order valence-electron chi connectivity index (χ1n) is 10.1. The van der Waals surface area contributed by atoms with Crippen LogP contribution in [0.15, 0.2) is 42.6 Å². The number of pyridine rings is 1. The number of likely N-dealkylation sites (tertiary alicyclic amines) is 1. The summed E-state index contributed by atoms with van der Waals surface area (Å²) >= 11 is 0. The first-order valence-corrected chi connectivity index (χ1v) is 10.1. The Kier molecular flexibility index (Phi) is 6.06. The summed E-state index contributed by atoms with van der Waals surface area (Å²) < 4.78 is 1.77. The predicted molar refractivity (Wildman–Crippen MR) is 107 cm³/mol. The second kappa shape index (κ2) is 9.06. The van der Waals surface area contributed by atoms with E-state index in [0.717, 1.165) is 29.9 Å². The first-order chi connectivity index (χ1) is 13.4. The molecule has 0 aliphatic carbocycles. The number of aromatic nitrogens is 4. The lowest BCUT2D eigenvalue weighted by atomic mass is 10.1. The molecule has 1 aliphatic rings. The Morgan fingerprint density at radius 1 is 0.963 bits per heavy atom. The molecule has 3 heterocycles. The van der Waals surface area contributed by atoms with E-state index in [-0.39, 0.29) is 0 Å². The van der Waals surface area contributed by atoms with Crippen LogP contribution in [0.1, 0.15) is 37.7 Å². The predicted octanol–water partition coefficient (Wildman–Crippen LogP) is 3.15. The molecule has 1 aliphatic heterocycles. The van der Waals surface area contributed by atoms with Crippen LogP contribution in [0, 0.1) is 0 Å². The van der Waals surface area contributed by atoms with Gasteiger partial charge in [0.25, 0.3) is 0 Å². The highest BCUT2D eigenvalue weighted by molar-refractivity contribution is 5.66. The molecular formula is C21H28N6. The summed E-state index contributed by atoms with van der Waals surface area (Å²) in [6.45, 7) is 5.53. The molecule has 0 radical (unpaired) electrons. The fraction of sp³-hybridized carbons (Fsp3) is 0.476. The standard InChI is InChI=1S/C21H28N6/c1-2-7-13-26(12-6-1)14-8-11-22-16-19-15-20(18-9-4-3-5-10-18)17-27-21(19)23-24-25-27/h3-5,9-10,15,17,22H,1-2,6-8,11-14,16H2. The minimum absolute atomic E-state index is 0.782. The fourth-order valence-corrected chi connectivity index (χ4v) is 3.84. The maximum absolute atomic E-state index is 4.19. The monoisotopic (exact) mass is 364 g/mol. The van der Waals surface area contributed by atoms with Gasteiger partial charge in [-0.2, -0.15) is 4.52 Å². The molecule has 1 fully saturated rings. The second-order valence-corrected chi connectivity index (χ2v) is 7.35. The first kappa shape index (κ1) is 18.1. The van der Waals surface area contributed by atoms with E-state index in [0.29, 0.717) is 0 Å². The largest absolute Gasteiger partial charge is 0.312 e. The summed E-state index contributed by atoms with van der Waals surface area (Å²) in [5.41, 5.74) is 4.28. The summed E-state index contributed by atoms with van der Waals surface area (Å²) in [6, 6.07) is 12.6. The number of benzene rings is 1. The van der Waals surface area contributed by atoms with Crippen molar-refractivity contribution in [2.45, 2.75) is 38.6 Å².